The van der Waals surface area contributed by atoms with Crippen molar-refractivity contribution in [2.45, 2.75) is 301 Å². The van der Waals surface area contributed by atoms with Crippen molar-refractivity contribution in [1.82, 2.24) is 5.32 Å². The molecule has 1 aliphatic heterocycles. The zero-order valence-corrected chi connectivity index (χ0v) is 44.6. The minimum atomic E-state index is -1.58. The molecule has 0 saturated carbocycles. The summed E-state index contributed by atoms with van der Waals surface area (Å²) < 4.78 is 11.3. The third-order valence-corrected chi connectivity index (χ3v) is 13.5. The maximum atomic E-state index is 13.1. The van der Waals surface area contributed by atoms with Gasteiger partial charge in [-0.1, -0.05) is 235 Å². The quantitative estimate of drug-likeness (QED) is 0.0261. The second-order valence-electron chi connectivity index (χ2n) is 20.1. The van der Waals surface area contributed by atoms with Crippen LogP contribution in [0, 0.1) is 0 Å². The topological polar surface area (TPSA) is 149 Å². The van der Waals surface area contributed by atoms with Crippen molar-refractivity contribution in [2.24, 2.45) is 0 Å². The first kappa shape index (κ1) is 64.9. The van der Waals surface area contributed by atoms with Crippen LogP contribution >= 0.6 is 0 Å². The Bertz CT molecular complexity index is 1270. The average molecular weight is 973 g/mol. The molecule has 7 unspecified atom stereocenters. The van der Waals surface area contributed by atoms with Crippen LogP contribution in [0.2, 0.25) is 0 Å². The van der Waals surface area contributed by atoms with Crippen LogP contribution in [0.4, 0.5) is 0 Å². The summed E-state index contributed by atoms with van der Waals surface area (Å²) in [6.07, 6.45) is 60.0. The van der Waals surface area contributed by atoms with Gasteiger partial charge in [0, 0.05) is 6.42 Å². The van der Waals surface area contributed by atoms with Crippen LogP contribution in [0.5, 0.6) is 0 Å². The first-order valence-corrected chi connectivity index (χ1v) is 29.0. The lowest BCUT2D eigenvalue weighted by Crippen LogP contribution is -2.60. The number of aliphatic hydroxyl groups is 5. The number of ether oxygens (including phenoxy) is 2. The van der Waals surface area contributed by atoms with E-state index in [1.807, 2.05) is 6.08 Å². The van der Waals surface area contributed by atoms with Crippen LogP contribution < -0.4 is 5.32 Å². The molecule has 1 saturated heterocycles. The third kappa shape index (κ3) is 39.1. The fourth-order valence-electron chi connectivity index (χ4n) is 8.93. The highest BCUT2D eigenvalue weighted by molar-refractivity contribution is 5.76. The van der Waals surface area contributed by atoms with Crippen molar-refractivity contribution in [3.8, 4) is 0 Å². The highest BCUT2D eigenvalue weighted by atomic mass is 16.7. The van der Waals surface area contributed by atoms with E-state index in [1.165, 1.54) is 173 Å². The molecule has 402 valence electrons. The number of aliphatic hydroxyl groups excluding tert-OH is 5. The molecule has 0 aliphatic carbocycles. The van der Waals surface area contributed by atoms with Crippen LogP contribution in [-0.2, 0) is 14.3 Å². The van der Waals surface area contributed by atoms with Gasteiger partial charge in [-0.05, 0) is 77.0 Å². The molecule has 0 aromatic heterocycles. The monoisotopic (exact) mass is 972 g/mol. The molecular formula is C60H109NO8. The van der Waals surface area contributed by atoms with Crippen LogP contribution in [-0.4, -0.2) is 87.5 Å². The number of allylic oxidation sites excluding steroid dienone is 9. The van der Waals surface area contributed by atoms with E-state index in [4.69, 9.17) is 9.47 Å². The van der Waals surface area contributed by atoms with Gasteiger partial charge in [-0.25, -0.2) is 0 Å². The molecule has 0 bridgehead atoms. The lowest BCUT2D eigenvalue weighted by Gasteiger charge is -2.40. The number of nitrogens with one attached hydrogen (secondary N) is 1. The summed E-state index contributed by atoms with van der Waals surface area (Å²) in [7, 11) is 0. The Morgan fingerprint density at radius 3 is 1.30 bits per heavy atom. The molecule has 7 atom stereocenters. The summed E-state index contributed by atoms with van der Waals surface area (Å²) in [6.45, 7) is 3.77. The Labute approximate surface area is 424 Å². The summed E-state index contributed by atoms with van der Waals surface area (Å²) in [5.41, 5.74) is 0. The predicted molar refractivity (Wildman–Crippen MR) is 290 cm³/mol. The fraction of sp³-hybridized carbons (Fsp3) is 0.817. The fourth-order valence-corrected chi connectivity index (χ4v) is 8.93. The SMILES string of the molecule is CCCCCCCCCCC/C=C\C/C=C\CCCCCCCCCCCC(=O)NC(COC1OC(CO)C(O)C(O)C1O)C(O)/C=C/CC/C=C/CC/C=C/CCCCCCCCCCCCC. The molecule has 0 aromatic rings. The Kier molecular flexibility index (Phi) is 46.5. The molecule has 9 nitrogen and oxygen atoms in total. The zero-order chi connectivity index (χ0) is 50.1. The minimum Gasteiger partial charge on any atom is -0.394 e. The molecule has 0 spiro atoms. The molecule has 0 aromatic carbocycles. The number of carbonyl (C=O) groups is 1. The molecule has 6 N–H and O–H groups in total. The molecule has 1 rings (SSSR count). The van der Waals surface area contributed by atoms with Crippen molar-refractivity contribution in [1.29, 1.82) is 0 Å². The van der Waals surface area contributed by atoms with Crippen molar-refractivity contribution in [2.75, 3.05) is 13.2 Å². The average Bonchev–Trinajstić information content (AvgIpc) is 3.35. The van der Waals surface area contributed by atoms with Gasteiger partial charge in [0.15, 0.2) is 6.29 Å². The zero-order valence-electron chi connectivity index (χ0n) is 44.6. The molecule has 9 heteroatoms. The molecule has 69 heavy (non-hydrogen) atoms. The summed E-state index contributed by atoms with van der Waals surface area (Å²) in [4.78, 5) is 13.1. The summed E-state index contributed by atoms with van der Waals surface area (Å²) in [6, 6.07) is -0.833. The van der Waals surface area contributed by atoms with E-state index in [1.54, 1.807) is 6.08 Å². The summed E-state index contributed by atoms with van der Waals surface area (Å²) >= 11 is 0. The van der Waals surface area contributed by atoms with Gasteiger partial charge in [0.05, 0.1) is 25.4 Å². The normalized spacial score (nSPS) is 19.9. The highest BCUT2D eigenvalue weighted by Crippen LogP contribution is 2.23. The predicted octanol–water partition coefficient (Wildman–Crippen LogP) is 14.3. The second-order valence-corrected chi connectivity index (χ2v) is 20.1. The van der Waals surface area contributed by atoms with Gasteiger partial charge in [-0.3, -0.25) is 4.79 Å². The molecule has 1 amide bonds. The van der Waals surface area contributed by atoms with E-state index in [9.17, 15) is 30.3 Å². The number of unbranched alkanes of at least 4 members (excludes halogenated alkanes) is 31. The van der Waals surface area contributed by atoms with E-state index in [2.05, 4.69) is 67.8 Å². The Hall–Kier alpha value is -2.11. The minimum absolute atomic E-state index is 0.195. The third-order valence-electron chi connectivity index (χ3n) is 13.5. The number of carbonyl (C=O) groups excluding carboxylic acids is 1. The van der Waals surface area contributed by atoms with E-state index in [-0.39, 0.29) is 12.5 Å². The largest absolute Gasteiger partial charge is 0.394 e. The maximum Gasteiger partial charge on any atom is 0.220 e. The number of amides is 1. The van der Waals surface area contributed by atoms with Crippen LogP contribution in [0.15, 0.2) is 60.8 Å². The summed E-state index contributed by atoms with van der Waals surface area (Å²) in [5.74, 6) is -0.195. The van der Waals surface area contributed by atoms with Gasteiger partial charge < -0.3 is 40.3 Å². The van der Waals surface area contributed by atoms with Gasteiger partial charge in [0.25, 0.3) is 0 Å². The second kappa shape index (κ2) is 49.5. The number of rotatable bonds is 49. The van der Waals surface area contributed by atoms with Crippen molar-refractivity contribution < 1.29 is 39.8 Å². The Morgan fingerprint density at radius 2 is 0.870 bits per heavy atom. The molecule has 1 heterocycles. The van der Waals surface area contributed by atoms with E-state index in [0.717, 1.165) is 64.2 Å². The lowest BCUT2D eigenvalue weighted by molar-refractivity contribution is -0.302. The van der Waals surface area contributed by atoms with Crippen LogP contribution in [0.3, 0.4) is 0 Å². The van der Waals surface area contributed by atoms with E-state index >= 15 is 0 Å². The van der Waals surface area contributed by atoms with Gasteiger partial charge >= 0.3 is 0 Å². The summed E-state index contributed by atoms with van der Waals surface area (Å²) in [5, 5.41) is 54.5. The van der Waals surface area contributed by atoms with Crippen molar-refractivity contribution in [3.63, 3.8) is 0 Å². The number of hydrogen-bond donors (Lipinski definition) is 6. The molecule has 0 radical (unpaired) electrons. The van der Waals surface area contributed by atoms with Gasteiger partial charge in [-0.15, -0.1) is 0 Å². The molecule has 1 aliphatic rings. The lowest BCUT2D eigenvalue weighted by atomic mass is 9.99. The maximum absolute atomic E-state index is 13.1. The molecule has 1 fully saturated rings. The van der Waals surface area contributed by atoms with Gasteiger partial charge in [-0.2, -0.15) is 0 Å². The smallest absolute Gasteiger partial charge is 0.220 e. The first-order chi connectivity index (χ1) is 33.8. The highest BCUT2D eigenvalue weighted by Gasteiger charge is 2.44. The van der Waals surface area contributed by atoms with Gasteiger partial charge in [0.2, 0.25) is 5.91 Å². The van der Waals surface area contributed by atoms with Crippen molar-refractivity contribution >= 4 is 5.91 Å². The Balaban J connectivity index is 2.27. The number of hydrogen-bond acceptors (Lipinski definition) is 8. The van der Waals surface area contributed by atoms with E-state index < -0.39 is 49.5 Å². The van der Waals surface area contributed by atoms with Gasteiger partial charge in [0.1, 0.15) is 24.4 Å². The molecular weight excluding hydrogens is 863 g/mol. The first-order valence-electron chi connectivity index (χ1n) is 29.0. The van der Waals surface area contributed by atoms with Crippen LogP contribution in [0.1, 0.15) is 258 Å². The van der Waals surface area contributed by atoms with Crippen molar-refractivity contribution in [3.05, 3.63) is 60.8 Å². The standard InChI is InChI=1S/C60H109NO8/c1-3-5-7-9-11-13-15-17-19-21-23-25-26-27-28-30-32-34-36-38-40-42-44-46-48-50-56(64)61-53(52-68-60-59(67)58(66)57(65)55(51-62)69-60)54(63)49-47-45-43-41-39-37-35-33-31-29-24-22-20-18-16-14-12-10-8-6-4-2/h23,25,27-28,31,33,39,41,47,49,53-55,57-60,62-63,65-67H,3-22,24,26,29-30,32,34-38,40,42-46,48,50-52H2,1-2H3,(H,61,64)/b25-23-,28-27-,33-31+,41-39+,49-47+. The van der Waals surface area contributed by atoms with Crippen LogP contribution in [0.25, 0.3) is 0 Å². The Morgan fingerprint density at radius 1 is 0.493 bits per heavy atom. The van der Waals surface area contributed by atoms with E-state index in [0.29, 0.717) is 6.42 Å².